The minimum Gasteiger partial charge on any atom is -0.492 e. The summed E-state index contributed by atoms with van der Waals surface area (Å²) in [6, 6.07) is 10.1. The summed E-state index contributed by atoms with van der Waals surface area (Å²) in [4.78, 5) is 20.7. The third-order valence-corrected chi connectivity index (χ3v) is 6.76. The number of aromatic amines is 1. The number of benzene rings is 2. The van der Waals surface area contributed by atoms with Gasteiger partial charge in [0.15, 0.2) is 5.82 Å². The molecule has 1 unspecified atom stereocenters. The Morgan fingerprint density at radius 3 is 2.60 bits per heavy atom. The Balaban J connectivity index is 1.65. The minimum atomic E-state index is -0.217. The van der Waals surface area contributed by atoms with Gasteiger partial charge in [0.1, 0.15) is 5.75 Å². The molecule has 182 valence electrons. The number of aryl methyl sites for hydroxylation is 3. The first-order valence-electron chi connectivity index (χ1n) is 12.0. The first kappa shape index (κ1) is 23.6. The summed E-state index contributed by atoms with van der Waals surface area (Å²) in [6.07, 6.45) is 4.44. The van der Waals surface area contributed by atoms with Crippen LogP contribution in [0.25, 0.3) is 33.5 Å². The van der Waals surface area contributed by atoms with Gasteiger partial charge in [-0.25, -0.2) is 0 Å². The van der Waals surface area contributed by atoms with Gasteiger partial charge in [0.05, 0.1) is 28.3 Å². The maximum atomic E-state index is 13.4. The van der Waals surface area contributed by atoms with Gasteiger partial charge >= 0.3 is 0 Å². The van der Waals surface area contributed by atoms with E-state index in [-0.39, 0.29) is 5.56 Å². The van der Waals surface area contributed by atoms with E-state index in [0.717, 1.165) is 41.5 Å². The van der Waals surface area contributed by atoms with Gasteiger partial charge in [0.2, 0.25) is 0 Å². The minimum absolute atomic E-state index is 0.217. The number of rotatable bonds is 6. The Bertz CT molecular complexity index is 1420. The summed E-state index contributed by atoms with van der Waals surface area (Å²) in [5.41, 5.74) is 4.46. The molecule has 1 aliphatic rings. The molecule has 35 heavy (non-hydrogen) atoms. The van der Waals surface area contributed by atoms with Gasteiger partial charge in [-0.05, 0) is 64.3 Å². The highest BCUT2D eigenvalue weighted by molar-refractivity contribution is 6.34. The lowest BCUT2D eigenvalue weighted by Gasteiger charge is -2.24. The molecule has 2 N–H and O–H groups in total. The second kappa shape index (κ2) is 9.84. The van der Waals surface area contributed by atoms with E-state index in [4.69, 9.17) is 20.9 Å². The number of piperidine rings is 1. The Morgan fingerprint density at radius 1 is 1.11 bits per heavy atom. The van der Waals surface area contributed by atoms with Crippen molar-refractivity contribution in [2.75, 3.05) is 13.2 Å². The van der Waals surface area contributed by atoms with Gasteiger partial charge in [-0.3, -0.25) is 4.79 Å². The summed E-state index contributed by atoms with van der Waals surface area (Å²) in [5.74, 6) is 1.38. The highest BCUT2D eigenvalue weighted by Gasteiger charge is 2.21. The highest BCUT2D eigenvalue weighted by atomic mass is 35.5. The number of aromatic nitrogens is 3. The fourth-order valence-electron chi connectivity index (χ4n) is 4.86. The molecule has 1 atom stereocenters. The Morgan fingerprint density at radius 2 is 1.91 bits per heavy atom. The Kier molecular flexibility index (Phi) is 6.62. The van der Waals surface area contributed by atoms with Crippen LogP contribution >= 0.6 is 11.6 Å². The molecule has 0 saturated carbocycles. The molecule has 0 radical (unpaired) electrons. The van der Waals surface area contributed by atoms with E-state index in [1.165, 1.54) is 12.8 Å². The molecular formula is C27H29ClN4O3. The van der Waals surface area contributed by atoms with Crippen molar-refractivity contribution in [2.24, 2.45) is 0 Å². The number of hydrogen-bond acceptors (Lipinski definition) is 6. The first-order chi connectivity index (χ1) is 16.9. The van der Waals surface area contributed by atoms with Crippen molar-refractivity contribution >= 4 is 22.5 Å². The second-order valence-corrected chi connectivity index (χ2v) is 9.75. The number of halogens is 1. The van der Waals surface area contributed by atoms with Crippen molar-refractivity contribution in [3.05, 3.63) is 62.7 Å². The third-order valence-electron chi connectivity index (χ3n) is 6.45. The van der Waals surface area contributed by atoms with Crippen LogP contribution < -0.4 is 15.6 Å². The number of fused-ring (bicyclic) bond motifs is 1. The largest absolute Gasteiger partial charge is 0.492 e. The van der Waals surface area contributed by atoms with Crippen molar-refractivity contribution in [2.45, 2.75) is 52.5 Å². The summed E-state index contributed by atoms with van der Waals surface area (Å²) < 4.78 is 11.8. The number of H-pyrrole nitrogens is 1. The summed E-state index contributed by atoms with van der Waals surface area (Å²) >= 11 is 6.56. The highest BCUT2D eigenvalue weighted by Crippen LogP contribution is 2.39. The maximum absolute atomic E-state index is 13.4. The molecule has 2 aromatic carbocycles. The van der Waals surface area contributed by atoms with Crippen molar-refractivity contribution in [3.63, 3.8) is 0 Å². The number of pyridine rings is 1. The Labute approximate surface area is 208 Å². The predicted octanol–water partition coefficient (Wildman–Crippen LogP) is 5.73. The molecule has 1 fully saturated rings. The Hall–Kier alpha value is -3.16. The van der Waals surface area contributed by atoms with Crippen LogP contribution in [-0.2, 0) is 0 Å². The van der Waals surface area contributed by atoms with E-state index >= 15 is 0 Å². The molecule has 4 aromatic rings. The summed E-state index contributed by atoms with van der Waals surface area (Å²) in [7, 11) is 0. The SMILES string of the molecule is Cc1cc(C)cc(-c2c(OCCC3CCCCN3)c3cc(-c4nc(C)no4)c(Cl)cc3[nH]c2=O)c1. The smallest absolute Gasteiger partial charge is 0.260 e. The fourth-order valence-corrected chi connectivity index (χ4v) is 5.11. The molecule has 0 bridgehead atoms. The van der Waals surface area contributed by atoms with Crippen LogP contribution in [0.2, 0.25) is 5.02 Å². The van der Waals surface area contributed by atoms with Gasteiger partial charge in [0.25, 0.3) is 11.4 Å². The topological polar surface area (TPSA) is 93.0 Å². The predicted molar refractivity (Wildman–Crippen MR) is 138 cm³/mol. The lowest BCUT2D eigenvalue weighted by molar-refractivity contribution is 0.271. The van der Waals surface area contributed by atoms with Crippen molar-refractivity contribution < 1.29 is 9.26 Å². The average molecular weight is 493 g/mol. The summed E-state index contributed by atoms with van der Waals surface area (Å²) in [5, 5.41) is 8.61. The van der Waals surface area contributed by atoms with Crippen LogP contribution in [0, 0.1) is 20.8 Å². The lowest BCUT2D eigenvalue weighted by Crippen LogP contribution is -2.35. The molecule has 3 heterocycles. The van der Waals surface area contributed by atoms with Gasteiger partial charge < -0.3 is 19.6 Å². The monoisotopic (exact) mass is 492 g/mol. The lowest BCUT2D eigenvalue weighted by atomic mass is 9.98. The number of nitrogens with one attached hydrogen (secondary N) is 2. The van der Waals surface area contributed by atoms with Gasteiger partial charge in [-0.1, -0.05) is 52.5 Å². The standard InChI is InChI=1S/C27H29ClN4O3/c1-15-10-16(2)12-18(11-15)24-25(34-9-7-19-6-4-5-8-29-19)21-13-20(27-30-17(3)32-35-27)22(28)14-23(21)31-26(24)33/h10-14,19,29H,4-9H2,1-3H3,(H,31,33). The molecule has 0 aliphatic carbocycles. The zero-order valence-electron chi connectivity index (χ0n) is 20.2. The second-order valence-electron chi connectivity index (χ2n) is 9.34. The maximum Gasteiger partial charge on any atom is 0.260 e. The molecule has 5 rings (SSSR count). The van der Waals surface area contributed by atoms with Crippen LogP contribution in [0.1, 0.15) is 42.6 Å². The van der Waals surface area contributed by atoms with E-state index in [0.29, 0.717) is 51.8 Å². The molecule has 0 spiro atoms. The summed E-state index contributed by atoms with van der Waals surface area (Å²) in [6.45, 7) is 7.34. The molecule has 1 saturated heterocycles. The molecule has 2 aromatic heterocycles. The van der Waals surface area contributed by atoms with Crippen LogP contribution in [0.5, 0.6) is 5.75 Å². The van der Waals surface area contributed by atoms with Crippen molar-refractivity contribution in [1.82, 2.24) is 20.4 Å². The van der Waals surface area contributed by atoms with E-state index < -0.39 is 0 Å². The molecular weight excluding hydrogens is 464 g/mol. The number of nitrogens with zero attached hydrogens (tertiary/aromatic N) is 2. The van der Waals surface area contributed by atoms with Crippen LogP contribution in [-0.4, -0.2) is 34.3 Å². The zero-order valence-corrected chi connectivity index (χ0v) is 21.0. The van der Waals surface area contributed by atoms with E-state index in [1.807, 2.05) is 32.0 Å². The van der Waals surface area contributed by atoms with Gasteiger partial charge in [-0.15, -0.1) is 0 Å². The van der Waals surface area contributed by atoms with Gasteiger partial charge in [0, 0.05) is 11.4 Å². The normalized spacial score (nSPS) is 16.1. The zero-order chi connectivity index (χ0) is 24.5. The van der Waals surface area contributed by atoms with Crippen molar-refractivity contribution in [1.29, 1.82) is 0 Å². The average Bonchev–Trinajstić information content (AvgIpc) is 3.24. The van der Waals surface area contributed by atoms with Crippen molar-refractivity contribution in [3.8, 4) is 28.3 Å². The molecule has 7 nitrogen and oxygen atoms in total. The van der Waals surface area contributed by atoms with Gasteiger partial charge in [-0.2, -0.15) is 4.98 Å². The first-order valence-corrected chi connectivity index (χ1v) is 12.4. The van der Waals surface area contributed by atoms with Crippen LogP contribution in [0.15, 0.2) is 39.6 Å². The van der Waals surface area contributed by atoms with Crippen LogP contribution in [0.4, 0.5) is 0 Å². The number of ether oxygens (including phenoxy) is 1. The van der Waals surface area contributed by atoms with E-state index in [1.54, 1.807) is 13.0 Å². The molecule has 8 heteroatoms. The quantitative estimate of drug-likeness (QED) is 0.357. The fraction of sp³-hybridized carbons (Fsp3) is 0.370. The van der Waals surface area contributed by atoms with Crippen LogP contribution in [0.3, 0.4) is 0 Å². The third kappa shape index (κ3) is 4.97. The van der Waals surface area contributed by atoms with E-state index in [2.05, 4.69) is 26.5 Å². The molecule has 1 aliphatic heterocycles. The number of hydrogen-bond donors (Lipinski definition) is 2. The van der Waals surface area contributed by atoms with E-state index in [9.17, 15) is 4.79 Å². The molecule has 0 amide bonds.